The van der Waals surface area contributed by atoms with E-state index < -0.39 is 12.5 Å². The molecule has 0 radical (unpaired) electrons. The van der Waals surface area contributed by atoms with Crippen LogP contribution in [-0.4, -0.2) is 35.4 Å². The van der Waals surface area contributed by atoms with Crippen LogP contribution in [0.15, 0.2) is 57.8 Å². The molecular formula is C20H17F2N3O4S. The molecule has 0 atom stereocenters. The molecular weight excluding hydrogens is 416 g/mol. The number of ether oxygens (including phenoxy) is 1. The lowest BCUT2D eigenvalue weighted by molar-refractivity contribution is -0.118. The van der Waals surface area contributed by atoms with Gasteiger partial charge in [-0.2, -0.15) is 8.78 Å². The van der Waals surface area contributed by atoms with E-state index in [4.69, 9.17) is 4.42 Å². The van der Waals surface area contributed by atoms with Crippen LogP contribution in [0.5, 0.6) is 5.75 Å². The number of halogens is 2. The lowest BCUT2D eigenvalue weighted by Crippen LogP contribution is -2.32. The van der Waals surface area contributed by atoms with Gasteiger partial charge in [0, 0.05) is 12.1 Å². The third-order valence-electron chi connectivity index (χ3n) is 4.25. The molecule has 1 N–H and O–H groups in total. The number of benzene rings is 1. The number of thioether (sulfide) groups is 1. The summed E-state index contributed by atoms with van der Waals surface area (Å²) >= 11 is 1.12. The number of anilines is 1. The lowest BCUT2D eigenvalue weighted by atomic mass is 10.2. The van der Waals surface area contributed by atoms with Crippen LogP contribution >= 0.6 is 11.8 Å². The third kappa shape index (κ3) is 4.88. The summed E-state index contributed by atoms with van der Waals surface area (Å²) in [6.45, 7) is -2.94. The first-order valence-electron chi connectivity index (χ1n) is 9.15. The van der Waals surface area contributed by atoms with Gasteiger partial charge in [0.2, 0.25) is 5.91 Å². The molecule has 30 heavy (non-hydrogen) atoms. The molecule has 1 aromatic heterocycles. The van der Waals surface area contributed by atoms with Gasteiger partial charge in [-0.1, -0.05) is 11.8 Å². The Morgan fingerprint density at radius 3 is 2.73 bits per heavy atom. The highest BCUT2D eigenvalue weighted by molar-refractivity contribution is 8.14. The van der Waals surface area contributed by atoms with Crippen LogP contribution in [0.25, 0.3) is 6.08 Å². The van der Waals surface area contributed by atoms with Crippen molar-refractivity contribution in [1.29, 1.82) is 0 Å². The molecule has 4 rings (SSSR count). The van der Waals surface area contributed by atoms with Crippen LogP contribution in [0.2, 0.25) is 0 Å². The molecule has 0 saturated heterocycles. The monoisotopic (exact) mass is 433 g/mol. The fourth-order valence-corrected chi connectivity index (χ4v) is 3.56. The SMILES string of the molecule is O=C(CSC1=N/C(=C/c2ccco2)C(=O)N1c1ccc(OC(F)F)cc1)NC1CC1. The Morgan fingerprint density at radius 2 is 2.10 bits per heavy atom. The number of aliphatic imine (C=N–C) groups is 1. The summed E-state index contributed by atoms with van der Waals surface area (Å²) in [5.41, 5.74) is 0.557. The number of hydrogen-bond acceptors (Lipinski definition) is 6. The molecule has 7 nitrogen and oxygen atoms in total. The third-order valence-corrected chi connectivity index (χ3v) is 5.19. The average Bonchev–Trinajstić information content (AvgIpc) is 3.26. The molecule has 2 amide bonds. The fraction of sp³-hybridized carbons (Fsp3) is 0.250. The highest BCUT2D eigenvalue weighted by Gasteiger charge is 2.33. The fourth-order valence-electron chi connectivity index (χ4n) is 2.73. The zero-order valence-electron chi connectivity index (χ0n) is 15.6. The average molecular weight is 433 g/mol. The molecule has 156 valence electrons. The van der Waals surface area contributed by atoms with Crippen molar-refractivity contribution in [2.24, 2.45) is 4.99 Å². The minimum absolute atomic E-state index is 0.0262. The molecule has 1 fully saturated rings. The van der Waals surface area contributed by atoms with Crippen molar-refractivity contribution in [2.45, 2.75) is 25.5 Å². The van der Waals surface area contributed by atoms with Crippen molar-refractivity contribution >= 4 is 40.5 Å². The molecule has 2 heterocycles. The summed E-state index contributed by atoms with van der Waals surface area (Å²) in [4.78, 5) is 30.7. The summed E-state index contributed by atoms with van der Waals surface area (Å²) in [7, 11) is 0. The second-order valence-electron chi connectivity index (χ2n) is 6.58. The highest BCUT2D eigenvalue weighted by atomic mass is 32.2. The summed E-state index contributed by atoms with van der Waals surface area (Å²) < 4.78 is 34.4. The molecule has 0 spiro atoms. The van der Waals surface area contributed by atoms with E-state index in [1.54, 1.807) is 12.1 Å². The van der Waals surface area contributed by atoms with Gasteiger partial charge in [0.15, 0.2) is 5.17 Å². The number of amidine groups is 1. The quantitative estimate of drug-likeness (QED) is 0.674. The van der Waals surface area contributed by atoms with Crippen LogP contribution in [0.1, 0.15) is 18.6 Å². The van der Waals surface area contributed by atoms with Gasteiger partial charge in [0.1, 0.15) is 17.2 Å². The highest BCUT2D eigenvalue weighted by Crippen LogP contribution is 2.31. The first kappa shape index (κ1) is 20.1. The summed E-state index contributed by atoms with van der Waals surface area (Å²) in [6, 6.07) is 9.24. The van der Waals surface area contributed by atoms with Gasteiger partial charge in [-0.3, -0.25) is 14.5 Å². The van der Waals surface area contributed by atoms with E-state index in [1.807, 2.05) is 0 Å². The number of rotatable bonds is 7. The minimum atomic E-state index is -2.94. The predicted octanol–water partition coefficient (Wildman–Crippen LogP) is 3.64. The van der Waals surface area contributed by atoms with Crippen LogP contribution in [0, 0.1) is 0 Å². The molecule has 1 aromatic carbocycles. The number of nitrogens with zero attached hydrogens (tertiary/aromatic N) is 2. The van der Waals surface area contributed by atoms with Crippen LogP contribution in [0.4, 0.5) is 14.5 Å². The normalized spacial score (nSPS) is 17.6. The Morgan fingerprint density at radius 1 is 1.33 bits per heavy atom. The standard InChI is InChI=1S/C20H17F2N3O4S/c21-19(22)29-14-7-5-13(6-8-14)25-18(27)16(10-15-2-1-9-28-15)24-20(25)30-11-17(26)23-12-3-4-12/h1-2,5-10,12,19H,3-4,11H2,(H,23,26)/b16-10+. The number of hydrogen-bond donors (Lipinski definition) is 1. The number of carbonyl (C=O) groups is 2. The maximum atomic E-state index is 13.0. The van der Waals surface area contributed by atoms with Gasteiger partial charge in [0.05, 0.1) is 17.7 Å². The van der Waals surface area contributed by atoms with E-state index >= 15 is 0 Å². The van der Waals surface area contributed by atoms with Crippen molar-refractivity contribution in [3.05, 3.63) is 54.1 Å². The molecule has 2 aromatic rings. The van der Waals surface area contributed by atoms with Gasteiger partial charge >= 0.3 is 6.61 Å². The van der Waals surface area contributed by atoms with Gasteiger partial charge in [-0.25, -0.2) is 4.99 Å². The van der Waals surface area contributed by atoms with Crippen molar-refractivity contribution < 1.29 is 27.5 Å². The molecule has 0 bridgehead atoms. The van der Waals surface area contributed by atoms with Gasteiger partial charge in [-0.15, -0.1) is 0 Å². The Kier molecular flexibility index (Phi) is 5.84. The molecule has 2 aliphatic rings. The second kappa shape index (κ2) is 8.70. The topological polar surface area (TPSA) is 84.1 Å². The zero-order chi connectivity index (χ0) is 21.1. The lowest BCUT2D eigenvalue weighted by Gasteiger charge is -2.18. The van der Waals surface area contributed by atoms with Gasteiger partial charge < -0.3 is 14.5 Å². The van der Waals surface area contributed by atoms with Gasteiger partial charge in [0.25, 0.3) is 5.91 Å². The first-order chi connectivity index (χ1) is 14.5. The Hall–Kier alpha value is -3.14. The largest absolute Gasteiger partial charge is 0.465 e. The minimum Gasteiger partial charge on any atom is -0.465 e. The van der Waals surface area contributed by atoms with Crippen molar-refractivity contribution in [3.8, 4) is 5.75 Å². The number of amides is 2. The molecule has 10 heteroatoms. The van der Waals surface area contributed by atoms with Crippen molar-refractivity contribution in [1.82, 2.24) is 5.32 Å². The molecule has 1 aliphatic heterocycles. The van der Waals surface area contributed by atoms with Crippen molar-refractivity contribution in [2.75, 3.05) is 10.7 Å². The van der Waals surface area contributed by atoms with Crippen LogP contribution < -0.4 is 15.0 Å². The number of alkyl halides is 2. The zero-order valence-corrected chi connectivity index (χ0v) is 16.4. The molecule has 0 unspecified atom stereocenters. The second-order valence-corrected chi connectivity index (χ2v) is 7.53. The van der Waals surface area contributed by atoms with Crippen molar-refractivity contribution in [3.63, 3.8) is 0 Å². The summed E-state index contributed by atoms with van der Waals surface area (Å²) in [5, 5.41) is 3.19. The maximum Gasteiger partial charge on any atom is 0.387 e. The van der Waals surface area contributed by atoms with E-state index in [0.717, 1.165) is 24.6 Å². The number of nitrogens with one attached hydrogen (secondary N) is 1. The molecule has 1 aliphatic carbocycles. The Bertz CT molecular complexity index is 986. The van der Waals surface area contributed by atoms with E-state index in [2.05, 4.69) is 15.0 Å². The van der Waals surface area contributed by atoms with Crippen LogP contribution in [-0.2, 0) is 9.59 Å². The number of furan rings is 1. The Balaban J connectivity index is 1.56. The first-order valence-corrected chi connectivity index (χ1v) is 10.1. The maximum absolute atomic E-state index is 13.0. The Labute approximate surface area is 174 Å². The smallest absolute Gasteiger partial charge is 0.387 e. The van der Waals surface area contributed by atoms with E-state index in [-0.39, 0.29) is 29.1 Å². The predicted molar refractivity (Wildman–Crippen MR) is 108 cm³/mol. The number of carbonyl (C=O) groups excluding carboxylic acids is 2. The summed E-state index contributed by atoms with van der Waals surface area (Å²) in [6.07, 6.45) is 4.93. The summed E-state index contributed by atoms with van der Waals surface area (Å²) in [5.74, 6) is -0.0253. The van der Waals surface area contributed by atoms with E-state index in [0.29, 0.717) is 16.6 Å². The molecule has 1 saturated carbocycles. The van der Waals surface area contributed by atoms with E-state index in [9.17, 15) is 18.4 Å². The van der Waals surface area contributed by atoms with Gasteiger partial charge in [-0.05, 0) is 49.2 Å². The van der Waals surface area contributed by atoms with E-state index in [1.165, 1.54) is 41.5 Å². The van der Waals surface area contributed by atoms with Crippen LogP contribution in [0.3, 0.4) is 0 Å².